The standard InChI is InChI=1S/C15H23NO/c1-12-4-6-13(7-5-12)15(10-17-11-15)8-14(2,3)9-16/h4-7H,8-11,16H2,1-3H3. The molecule has 94 valence electrons. The molecule has 0 spiro atoms. The van der Waals surface area contributed by atoms with E-state index in [2.05, 4.69) is 45.0 Å². The van der Waals surface area contributed by atoms with E-state index in [4.69, 9.17) is 10.5 Å². The highest BCUT2D eigenvalue weighted by molar-refractivity contribution is 5.31. The molecule has 1 aliphatic heterocycles. The van der Waals surface area contributed by atoms with Crippen LogP contribution in [-0.4, -0.2) is 19.8 Å². The Kier molecular flexibility index (Phi) is 3.28. The summed E-state index contributed by atoms with van der Waals surface area (Å²) in [6, 6.07) is 8.85. The zero-order valence-electron chi connectivity index (χ0n) is 11.1. The molecule has 0 aromatic heterocycles. The lowest BCUT2D eigenvalue weighted by Gasteiger charge is -2.46. The van der Waals surface area contributed by atoms with Gasteiger partial charge >= 0.3 is 0 Å². The highest BCUT2D eigenvalue weighted by Crippen LogP contribution is 2.42. The largest absolute Gasteiger partial charge is 0.379 e. The average molecular weight is 233 g/mol. The molecule has 0 amide bonds. The van der Waals surface area contributed by atoms with Gasteiger partial charge in [0.15, 0.2) is 0 Å². The van der Waals surface area contributed by atoms with Gasteiger partial charge in [0.1, 0.15) is 0 Å². The molecule has 2 rings (SSSR count). The molecule has 2 nitrogen and oxygen atoms in total. The van der Waals surface area contributed by atoms with E-state index in [1.807, 2.05) is 0 Å². The van der Waals surface area contributed by atoms with E-state index in [0.29, 0.717) is 0 Å². The highest BCUT2D eigenvalue weighted by Gasteiger charge is 2.43. The van der Waals surface area contributed by atoms with Gasteiger partial charge in [-0.05, 0) is 30.9 Å². The lowest BCUT2D eigenvalue weighted by atomic mass is 9.67. The van der Waals surface area contributed by atoms with Gasteiger partial charge in [-0.1, -0.05) is 43.7 Å². The molecular weight excluding hydrogens is 210 g/mol. The summed E-state index contributed by atoms with van der Waals surface area (Å²) in [5, 5.41) is 0. The van der Waals surface area contributed by atoms with Crippen LogP contribution in [-0.2, 0) is 10.2 Å². The van der Waals surface area contributed by atoms with Crippen molar-refractivity contribution in [3.05, 3.63) is 35.4 Å². The van der Waals surface area contributed by atoms with Gasteiger partial charge in [-0.2, -0.15) is 0 Å². The van der Waals surface area contributed by atoms with E-state index in [9.17, 15) is 0 Å². The van der Waals surface area contributed by atoms with E-state index in [1.165, 1.54) is 11.1 Å². The molecule has 0 bridgehead atoms. The van der Waals surface area contributed by atoms with Crippen molar-refractivity contribution in [2.24, 2.45) is 11.1 Å². The summed E-state index contributed by atoms with van der Waals surface area (Å²) in [5.74, 6) is 0. The molecule has 1 aliphatic rings. The number of hydrogen-bond acceptors (Lipinski definition) is 2. The van der Waals surface area contributed by atoms with Crippen molar-refractivity contribution in [3.8, 4) is 0 Å². The first-order valence-corrected chi connectivity index (χ1v) is 6.32. The summed E-state index contributed by atoms with van der Waals surface area (Å²) >= 11 is 0. The minimum absolute atomic E-state index is 0.175. The molecule has 1 aromatic carbocycles. The Hall–Kier alpha value is -0.860. The normalized spacial score (nSPS) is 18.8. The van der Waals surface area contributed by atoms with E-state index in [-0.39, 0.29) is 10.8 Å². The Morgan fingerprint density at radius 3 is 2.24 bits per heavy atom. The Bertz CT molecular complexity index is 376. The van der Waals surface area contributed by atoms with Gasteiger partial charge < -0.3 is 10.5 Å². The van der Waals surface area contributed by atoms with Crippen molar-refractivity contribution < 1.29 is 4.74 Å². The third-order valence-electron chi connectivity index (χ3n) is 3.79. The second-order valence-corrected chi connectivity index (χ2v) is 6.18. The zero-order valence-corrected chi connectivity index (χ0v) is 11.1. The number of rotatable bonds is 4. The maximum Gasteiger partial charge on any atom is 0.0585 e. The van der Waals surface area contributed by atoms with Crippen LogP contribution in [0.15, 0.2) is 24.3 Å². The average Bonchev–Trinajstić information content (AvgIpc) is 2.25. The Morgan fingerprint density at radius 1 is 1.24 bits per heavy atom. The van der Waals surface area contributed by atoms with E-state index in [0.717, 1.165) is 26.2 Å². The van der Waals surface area contributed by atoms with Crippen LogP contribution >= 0.6 is 0 Å². The molecule has 0 aliphatic carbocycles. The number of aryl methyl sites for hydroxylation is 1. The van der Waals surface area contributed by atoms with E-state index >= 15 is 0 Å². The van der Waals surface area contributed by atoms with E-state index < -0.39 is 0 Å². The summed E-state index contributed by atoms with van der Waals surface area (Å²) in [6.07, 6.45) is 1.10. The molecule has 2 heteroatoms. The summed E-state index contributed by atoms with van der Waals surface area (Å²) in [4.78, 5) is 0. The summed E-state index contributed by atoms with van der Waals surface area (Å²) in [5.41, 5.74) is 8.93. The van der Waals surface area contributed by atoms with Gasteiger partial charge in [-0.15, -0.1) is 0 Å². The monoisotopic (exact) mass is 233 g/mol. The first kappa shape index (κ1) is 12.6. The topological polar surface area (TPSA) is 35.2 Å². The number of ether oxygens (including phenoxy) is 1. The molecule has 0 atom stereocenters. The first-order valence-electron chi connectivity index (χ1n) is 6.32. The lowest BCUT2D eigenvalue weighted by Crippen LogP contribution is -2.50. The van der Waals surface area contributed by atoms with Crippen LogP contribution in [0.5, 0.6) is 0 Å². The number of benzene rings is 1. The molecule has 2 N–H and O–H groups in total. The first-order chi connectivity index (χ1) is 7.97. The van der Waals surface area contributed by atoms with Gasteiger partial charge in [0.2, 0.25) is 0 Å². The summed E-state index contributed by atoms with van der Waals surface area (Å²) in [7, 11) is 0. The van der Waals surface area contributed by atoms with Crippen LogP contribution in [0.4, 0.5) is 0 Å². The maximum atomic E-state index is 5.85. The molecule has 0 saturated carbocycles. The predicted molar refractivity (Wildman–Crippen MR) is 71.1 cm³/mol. The smallest absolute Gasteiger partial charge is 0.0585 e. The molecule has 17 heavy (non-hydrogen) atoms. The van der Waals surface area contributed by atoms with Crippen LogP contribution in [0.2, 0.25) is 0 Å². The van der Waals surface area contributed by atoms with Crippen LogP contribution in [0.3, 0.4) is 0 Å². The van der Waals surface area contributed by atoms with Crippen molar-refractivity contribution >= 4 is 0 Å². The van der Waals surface area contributed by atoms with Gasteiger partial charge in [0.05, 0.1) is 13.2 Å². The maximum absolute atomic E-state index is 5.85. The van der Waals surface area contributed by atoms with Gasteiger partial charge in [-0.25, -0.2) is 0 Å². The van der Waals surface area contributed by atoms with E-state index in [1.54, 1.807) is 0 Å². The SMILES string of the molecule is Cc1ccc(C2(CC(C)(C)CN)COC2)cc1. The molecule has 0 unspecified atom stereocenters. The van der Waals surface area contributed by atoms with Crippen LogP contribution in [0.1, 0.15) is 31.4 Å². The second-order valence-electron chi connectivity index (χ2n) is 6.18. The Labute approximate surface area is 104 Å². The Morgan fingerprint density at radius 2 is 1.82 bits per heavy atom. The molecule has 1 saturated heterocycles. The third-order valence-corrected chi connectivity index (χ3v) is 3.79. The van der Waals surface area contributed by atoms with Crippen molar-refractivity contribution in [2.75, 3.05) is 19.8 Å². The fraction of sp³-hybridized carbons (Fsp3) is 0.600. The third kappa shape index (κ3) is 2.53. The fourth-order valence-electron chi connectivity index (χ4n) is 2.61. The van der Waals surface area contributed by atoms with Gasteiger partial charge in [-0.3, -0.25) is 0 Å². The van der Waals surface area contributed by atoms with Crippen LogP contribution in [0, 0.1) is 12.3 Å². The quantitative estimate of drug-likeness (QED) is 0.867. The summed E-state index contributed by atoms with van der Waals surface area (Å²) in [6.45, 7) is 8.99. The Balaban J connectivity index is 2.23. The molecule has 1 heterocycles. The van der Waals surface area contributed by atoms with Gasteiger partial charge in [0.25, 0.3) is 0 Å². The number of hydrogen-bond donors (Lipinski definition) is 1. The number of nitrogens with two attached hydrogens (primary N) is 1. The minimum atomic E-state index is 0.175. The zero-order chi connectivity index (χ0) is 12.5. The van der Waals surface area contributed by atoms with Crippen molar-refractivity contribution in [1.29, 1.82) is 0 Å². The predicted octanol–water partition coefficient (Wildman–Crippen LogP) is 2.64. The highest BCUT2D eigenvalue weighted by atomic mass is 16.5. The lowest BCUT2D eigenvalue weighted by molar-refractivity contribution is -0.0786. The van der Waals surface area contributed by atoms with Crippen molar-refractivity contribution in [3.63, 3.8) is 0 Å². The van der Waals surface area contributed by atoms with Crippen LogP contribution in [0.25, 0.3) is 0 Å². The van der Waals surface area contributed by atoms with Crippen LogP contribution < -0.4 is 5.73 Å². The second kappa shape index (κ2) is 4.43. The molecular formula is C15H23NO. The molecule has 0 radical (unpaired) electrons. The van der Waals surface area contributed by atoms with Gasteiger partial charge in [0, 0.05) is 5.41 Å². The van der Waals surface area contributed by atoms with Crippen molar-refractivity contribution in [1.82, 2.24) is 0 Å². The molecule has 1 fully saturated rings. The molecule has 1 aromatic rings. The van der Waals surface area contributed by atoms with Crippen molar-refractivity contribution in [2.45, 2.75) is 32.6 Å². The fourth-order valence-corrected chi connectivity index (χ4v) is 2.61. The minimum Gasteiger partial charge on any atom is -0.379 e. The summed E-state index contributed by atoms with van der Waals surface area (Å²) < 4.78 is 5.47.